The third kappa shape index (κ3) is 1.19. The first-order chi connectivity index (χ1) is 5.04. The molecule has 0 radical (unpaired) electrons. The number of imide groups is 1. The van der Waals surface area contributed by atoms with E-state index in [4.69, 9.17) is 10.2 Å². The molecule has 2 atom stereocenters. The molecule has 1 heterocycles. The summed E-state index contributed by atoms with van der Waals surface area (Å²) in [7, 11) is 0. The van der Waals surface area contributed by atoms with Crippen LogP contribution in [0.4, 0.5) is 4.79 Å². The topological polar surface area (TPSA) is 77.8 Å². The quantitative estimate of drug-likeness (QED) is 0.506. The summed E-state index contributed by atoms with van der Waals surface area (Å²) in [5.74, 6) is -0.530. The fourth-order valence-corrected chi connectivity index (χ4v) is 1.13. The molecule has 0 spiro atoms. The lowest BCUT2D eigenvalue weighted by Crippen LogP contribution is -2.38. The Labute approximate surface area is 63.2 Å². The van der Waals surface area contributed by atoms with Gasteiger partial charge in [-0.05, 0) is 6.92 Å². The van der Waals surface area contributed by atoms with E-state index in [1.807, 2.05) is 0 Å². The summed E-state index contributed by atoms with van der Waals surface area (Å²) in [5, 5.41) is 17.5. The van der Waals surface area contributed by atoms with Crippen molar-refractivity contribution in [3.05, 3.63) is 0 Å². The highest BCUT2D eigenvalue weighted by atomic mass is 16.4. The van der Waals surface area contributed by atoms with Gasteiger partial charge in [-0.3, -0.25) is 4.79 Å². The first-order valence-electron chi connectivity index (χ1n) is 3.27. The van der Waals surface area contributed by atoms with Crippen molar-refractivity contribution in [3.63, 3.8) is 0 Å². The van der Waals surface area contributed by atoms with Gasteiger partial charge in [-0.1, -0.05) is 0 Å². The highest BCUT2D eigenvalue weighted by Gasteiger charge is 2.39. The molecule has 0 aliphatic carbocycles. The minimum absolute atomic E-state index is 0.0898. The molecule has 5 heteroatoms. The number of hydrogen-bond donors (Lipinski definition) is 2. The summed E-state index contributed by atoms with van der Waals surface area (Å²) >= 11 is 0. The Morgan fingerprint density at radius 1 is 1.73 bits per heavy atom. The fraction of sp³-hybridized carbons (Fsp3) is 0.667. The number of carbonyl (C=O) groups excluding carboxylic acids is 1. The molecule has 1 aliphatic heterocycles. The highest BCUT2D eigenvalue weighted by molar-refractivity contribution is 5.93. The average Bonchev–Trinajstić information content (AvgIpc) is 2.07. The minimum Gasteiger partial charge on any atom is -0.465 e. The Morgan fingerprint density at radius 2 is 2.27 bits per heavy atom. The van der Waals surface area contributed by atoms with Crippen molar-refractivity contribution in [2.45, 2.75) is 25.5 Å². The second kappa shape index (κ2) is 2.50. The number of hydrogen-bond acceptors (Lipinski definition) is 3. The van der Waals surface area contributed by atoms with Gasteiger partial charge in [-0.2, -0.15) is 0 Å². The predicted octanol–water partition coefficient (Wildman–Crippen LogP) is -0.354. The zero-order valence-electron chi connectivity index (χ0n) is 6.02. The maximum Gasteiger partial charge on any atom is 0.414 e. The lowest BCUT2D eigenvalue weighted by atomic mass is 10.2. The molecule has 1 fully saturated rings. The summed E-state index contributed by atoms with van der Waals surface area (Å²) < 4.78 is 0. The number of nitrogens with zero attached hydrogens (tertiary/aromatic N) is 1. The van der Waals surface area contributed by atoms with E-state index >= 15 is 0 Å². The van der Waals surface area contributed by atoms with Crippen LogP contribution in [0.15, 0.2) is 0 Å². The maximum atomic E-state index is 10.8. The number of likely N-dealkylation sites (tertiary alicyclic amines) is 1. The first kappa shape index (κ1) is 8.00. The van der Waals surface area contributed by atoms with Crippen molar-refractivity contribution in [2.24, 2.45) is 0 Å². The van der Waals surface area contributed by atoms with Gasteiger partial charge in [0.15, 0.2) is 0 Å². The highest BCUT2D eigenvalue weighted by Crippen LogP contribution is 2.18. The SMILES string of the molecule is C[C@H]1C(O)CC(=O)N1C(=O)O. The minimum atomic E-state index is -1.29. The second-order valence-corrected chi connectivity index (χ2v) is 2.56. The van der Waals surface area contributed by atoms with E-state index in [2.05, 4.69) is 0 Å². The summed E-state index contributed by atoms with van der Waals surface area (Å²) in [4.78, 5) is 21.8. The first-order valence-corrected chi connectivity index (χ1v) is 3.27. The zero-order valence-corrected chi connectivity index (χ0v) is 6.02. The van der Waals surface area contributed by atoms with Crippen LogP contribution < -0.4 is 0 Å². The van der Waals surface area contributed by atoms with Crippen LogP contribution in [-0.4, -0.2) is 39.3 Å². The number of amides is 2. The molecule has 0 aromatic rings. The van der Waals surface area contributed by atoms with Crippen molar-refractivity contribution in [2.75, 3.05) is 0 Å². The van der Waals surface area contributed by atoms with Gasteiger partial charge in [-0.15, -0.1) is 0 Å². The lowest BCUT2D eigenvalue weighted by molar-refractivity contribution is -0.126. The van der Waals surface area contributed by atoms with E-state index < -0.39 is 24.1 Å². The molecule has 1 aliphatic rings. The van der Waals surface area contributed by atoms with Gasteiger partial charge < -0.3 is 10.2 Å². The number of rotatable bonds is 0. The van der Waals surface area contributed by atoms with Gasteiger partial charge in [-0.25, -0.2) is 9.69 Å². The number of aliphatic hydroxyl groups is 1. The van der Waals surface area contributed by atoms with E-state index in [1.165, 1.54) is 6.92 Å². The van der Waals surface area contributed by atoms with Crippen LogP contribution in [0, 0.1) is 0 Å². The third-order valence-electron chi connectivity index (χ3n) is 1.82. The van der Waals surface area contributed by atoms with Crippen LogP contribution in [0.2, 0.25) is 0 Å². The lowest BCUT2D eigenvalue weighted by Gasteiger charge is -2.16. The fourth-order valence-electron chi connectivity index (χ4n) is 1.13. The molecule has 1 rings (SSSR count). The molecule has 1 unspecified atom stereocenters. The van der Waals surface area contributed by atoms with Crippen molar-refractivity contribution in [3.8, 4) is 0 Å². The van der Waals surface area contributed by atoms with Gasteiger partial charge in [0.1, 0.15) is 0 Å². The molecular formula is C6H9NO4. The Morgan fingerprint density at radius 3 is 2.45 bits per heavy atom. The Bertz CT molecular complexity index is 203. The predicted molar refractivity (Wildman–Crippen MR) is 35.0 cm³/mol. The summed E-state index contributed by atoms with van der Waals surface area (Å²) in [6, 6.07) is -0.611. The van der Waals surface area contributed by atoms with Crippen LogP contribution in [0.5, 0.6) is 0 Å². The Balaban J connectivity index is 2.79. The van der Waals surface area contributed by atoms with Gasteiger partial charge in [0, 0.05) is 0 Å². The van der Waals surface area contributed by atoms with E-state index in [9.17, 15) is 9.59 Å². The van der Waals surface area contributed by atoms with E-state index in [0.717, 1.165) is 0 Å². The molecule has 0 bridgehead atoms. The van der Waals surface area contributed by atoms with Crippen molar-refractivity contribution in [1.82, 2.24) is 4.90 Å². The standard InChI is InChI=1S/C6H9NO4/c1-3-4(8)2-5(9)7(3)6(10)11/h3-4,8H,2H2,1H3,(H,10,11)/t3-,4?/m0/s1. The molecular weight excluding hydrogens is 150 g/mol. The molecule has 1 saturated heterocycles. The van der Waals surface area contributed by atoms with Crippen molar-refractivity contribution >= 4 is 12.0 Å². The normalized spacial score (nSPS) is 31.1. The molecule has 11 heavy (non-hydrogen) atoms. The van der Waals surface area contributed by atoms with Gasteiger partial charge in [0.05, 0.1) is 18.6 Å². The Kier molecular flexibility index (Phi) is 1.82. The molecule has 2 N–H and O–H groups in total. The van der Waals surface area contributed by atoms with Gasteiger partial charge in [0.2, 0.25) is 5.91 Å². The van der Waals surface area contributed by atoms with Crippen LogP contribution in [0.25, 0.3) is 0 Å². The monoisotopic (exact) mass is 159 g/mol. The summed E-state index contributed by atoms with van der Waals surface area (Å²) in [5.41, 5.74) is 0. The molecule has 62 valence electrons. The second-order valence-electron chi connectivity index (χ2n) is 2.56. The zero-order chi connectivity index (χ0) is 8.59. The van der Waals surface area contributed by atoms with Crippen molar-refractivity contribution < 1.29 is 19.8 Å². The van der Waals surface area contributed by atoms with Crippen molar-refractivity contribution in [1.29, 1.82) is 0 Å². The van der Waals surface area contributed by atoms with E-state index in [0.29, 0.717) is 4.90 Å². The Hall–Kier alpha value is -1.10. The van der Waals surface area contributed by atoms with Gasteiger partial charge in [0.25, 0.3) is 0 Å². The molecule has 2 amide bonds. The maximum absolute atomic E-state index is 10.8. The van der Waals surface area contributed by atoms with Crippen LogP contribution in [0.3, 0.4) is 0 Å². The third-order valence-corrected chi connectivity index (χ3v) is 1.82. The number of carbonyl (C=O) groups is 2. The molecule has 0 saturated carbocycles. The van der Waals surface area contributed by atoms with Crippen LogP contribution in [0.1, 0.15) is 13.3 Å². The smallest absolute Gasteiger partial charge is 0.414 e. The van der Waals surface area contributed by atoms with Crippen LogP contribution >= 0.6 is 0 Å². The average molecular weight is 159 g/mol. The van der Waals surface area contributed by atoms with Gasteiger partial charge >= 0.3 is 6.09 Å². The molecule has 0 aromatic heterocycles. The molecule has 5 nitrogen and oxygen atoms in total. The van der Waals surface area contributed by atoms with E-state index in [-0.39, 0.29) is 6.42 Å². The summed E-state index contributed by atoms with van der Waals surface area (Å²) in [6.45, 7) is 1.50. The number of carboxylic acid groups (broad SMARTS) is 1. The van der Waals surface area contributed by atoms with E-state index in [1.54, 1.807) is 0 Å². The van der Waals surface area contributed by atoms with Crippen LogP contribution in [-0.2, 0) is 4.79 Å². The summed E-state index contributed by atoms with van der Waals surface area (Å²) in [6.07, 6.45) is -2.23. The largest absolute Gasteiger partial charge is 0.465 e. The number of aliphatic hydroxyl groups excluding tert-OH is 1. The molecule has 0 aromatic carbocycles.